The second kappa shape index (κ2) is 6.56. The lowest BCUT2D eigenvalue weighted by atomic mass is 10.0. The van der Waals surface area contributed by atoms with Crippen LogP contribution in [0.5, 0.6) is 5.75 Å². The molecule has 0 amide bonds. The van der Waals surface area contributed by atoms with E-state index in [0.29, 0.717) is 23.0 Å². The first kappa shape index (κ1) is 17.9. The lowest BCUT2D eigenvalue weighted by Crippen LogP contribution is -2.08. The number of phenolic OH excluding ortho intramolecular Hbond substituents is 1. The van der Waals surface area contributed by atoms with Crippen molar-refractivity contribution in [3.05, 3.63) is 70.4 Å². The number of hydrogen-bond donors (Lipinski definition) is 2. The van der Waals surface area contributed by atoms with Gasteiger partial charge in [-0.25, -0.2) is 4.79 Å². The zero-order valence-corrected chi connectivity index (χ0v) is 15.5. The Balaban J connectivity index is 1.91. The summed E-state index contributed by atoms with van der Waals surface area (Å²) >= 11 is 0. The van der Waals surface area contributed by atoms with Crippen molar-refractivity contribution in [3.63, 3.8) is 0 Å². The zero-order valence-electron chi connectivity index (χ0n) is 15.5. The van der Waals surface area contributed by atoms with Gasteiger partial charge in [0.15, 0.2) is 0 Å². The van der Waals surface area contributed by atoms with Gasteiger partial charge in [-0.1, -0.05) is 24.3 Å². The van der Waals surface area contributed by atoms with Gasteiger partial charge in [-0.05, 0) is 42.7 Å². The van der Waals surface area contributed by atoms with Gasteiger partial charge in [0.05, 0.1) is 16.5 Å². The average molecular weight is 377 g/mol. The van der Waals surface area contributed by atoms with Crippen LogP contribution in [-0.2, 0) is 20.9 Å². The van der Waals surface area contributed by atoms with Crippen molar-refractivity contribution in [2.24, 2.45) is 0 Å². The predicted molar refractivity (Wildman–Crippen MR) is 104 cm³/mol. The lowest BCUT2D eigenvalue weighted by molar-refractivity contribution is -0.146. The third-order valence-corrected chi connectivity index (χ3v) is 5.21. The Morgan fingerprint density at radius 1 is 1.11 bits per heavy atom. The van der Waals surface area contributed by atoms with Crippen LogP contribution < -0.4 is 0 Å². The van der Waals surface area contributed by atoms with E-state index in [1.54, 1.807) is 12.3 Å². The molecule has 0 saturated carbocycles. The normalized spacial score (nSPS) is 15.9. The molecule has 2 aromatic carbocycles. The van der Waals surface area contributed by atoms with Crippen molar-refractivity contribution < 1.29 is 24.5 Å². The van der Waals surface area contributed by atoms with Gasteiger partial charge in [0.2, 0.25) is 0 Å². The first-order chi connectivity index (χ1) is 13.4. The number of nitrogens with zero attached hydrogens (tertiary/aromatic N) is 1. The molecule has 0 atom stereocenters. The molecule has 28 heavy (non-hydrogen) atoms. The predicted octanol–water partition coefficient (Wildman–Crippen LogP) is 3.41. The Kier molecular flexibility index (Phi) is 4.19. The standard InChI is InChI=1S/C22H19NO5/c1-12-5-3-6-13(2)14(12)9-23-10-15(19-17(23)7-4-8-18(19)24)20(25)16-11-28-22(27)21(16)26/h3-8,10,24-25H,9,11H2,1-2H3. The number of carbonyl (C=O) groups is 2. The lowest BCUT2D eigenvalue weighted by Gasteiger charge is -2.12. The molecule has 3 aromatic rings. The second-order valence-electron chi connectivity index (χ2n) is 6.94. The summed E-state index contributed by atoms with van der Waals surface area (Å²) in [5.74, 6) is -2.20. The van der Waals surface area contributed by atoms with Crippen LogP contribution in [0.4, 0.5) is 0 Å². The fraction of sp³-hybridized carbons (Fsp3) is 0.182. The minimum absolute atomic E-state index is 0.0161. The maximum absolute atomic E-state index is 12.0. The number of ether oxygens (including phenoxy) is 1. The number of carbonyl (C=O) groups excluding carboxylic acids is 2. The van der Waals surface area contributed by atoms with E-state index in [2.05, 4.69) is 0 Å². The quantitative estimate of drug-likeness (QED) is 0.316. The number of aliphatic hydroxyl groups excluding tert-OH is 1. The van der Waals surface area contributed by atoms with Crippen LogP contribution in [0.25, 0.3) is 16.7 Å². The smallest absolute Gasteiger partial charge is 0.379 e. The number of aromatic hydroxyl groups is 1. The van der Waals surface area contributed by atoms with Gasteiger partial charge < -0.3 is 19.5 Å². The Morgan fingerprint density at radius 3 is 2.43 bits per heavy atom. The van der Waals surface area contributed by atoms with Crippen molar-refractivity contribution in [1.82, 2.24) is 4.57 Å². The summed E-state index contributed by atoms with van der Waals surface area (Å²) in [5, 5.41) is 21.6. The number of esters is 1. The van der Waals surface area contributed by atoms with Crippen LogP contribution in [0.2, 0.25) is 0 Å². The highest BCUT2D eigenvalue weighted by Crippen LogP contribution is 2.35. The Morgan fingerprint density at radius 2 is 1.79 bits per heavy atom. The van der Waals surface area contributed by atoms with E-state index in [1.807, 2.05) is 42.7 Å². The largest absolute Gasteiger partial charge is 0.507 e. The minimum Gasteiger partial charge on any atom is -0.507 e. The molecule has 2 heterocycles. The molecule has 4 rings (SSSR count). The monoisotopic (exact) mass is 377 g/mol. The van der Waals surface area contributed by atoms with E-state index in [-0.39, 0.29) is 23.7 Å². The molecule has 6 heteroatoms. The topological polar surface area (TPSA) is 88.8 Å². The fourth-order valence-electron chi connectivity index (χ4n) is 3.64. The Bertz CT molecular complexity index is 1150. The molecule has 0 radical (unpaired) electrons. The molecule has 0 bridgehead atoms. The number of aromatic nitrogens is 1. The van der Waals surface area contributed by atoms with Crippen LogP contribution in [-0.4, -0.2) is 33.1 Å². The molecule has 0 spiro atoms. The van der Waals surface area contributed by atoms with E-state index < -0.39 is 11.8 Å². The Hall–Kier alpha value is -3.54. The summed E-state index contributed by atoms with van der Waals surface area (Å²) in [5.41, 5.74) is 4.31. The minimum atomic E-state index is -0.981. The van der Waals surface area contributed by atoms with Crippen molar-refractivity contribution in [1.29, 1.82) is 0 Å². The van der Waals surface area contributed by atoms with Gasteiger partial charge in [0.1, 0.15) is 18.1 Å². The fourth-order valence-corrected chi connectivity index (χ4v) is 3.64. The summed E-state index contributed by atoms with van der Waals surface area (Å²) in [6, 6.07) is 11.1. The summed E-state index contributed by atoms with van der Waals surface area (Å²) in [7, 11) is 0. The third kappa shape index (κ3) is 2.74. The maximum Gasteiger partial charge on any atom is 0.379 e. The van der Waals surface area contributed by atoms with Gasteiger partial charge in [0, 0.05) is 18.3 Å². The summed E-state index contributed by atoms with van der Waals surface area (Å²) in [6.45, 7) is 4.32. The molecule has 142 valence electrons. The SMILES string of the molecule is Cc1cccc(C)c1Cn1cc(C(O)=C2COC(=O)C2=O)c2c(O)cccc21. The number of cyclic esters (lactones) is 1. The van der Waals surface area contributed by atoms with Gasteiger partial charge in [0.25, 0.3) is 5.78 Å². The van der Waals surface area contributed by atoms with E-state index in [4.69, 9.17) is 4.74 Å². The molecular weight excluding hydrogens is 358 g/mol. The first-order valence-electron chi connectivity index (χ1n) is 8.88. The molecular formula is C22H19NO5. The molecule has 2 N–H and O–H groups in total. The van der Waals surface area contributed by atoms with Crippen molar-refractivity contribution >= 4 is 28.4 Å². The molecule has 0 aliphatic carbocycles. The van der Waals surface area contributed by atoms with E-state index >= 15 is 0 Å². The number of phenols is 1. The van der Waals surface area contributed by atoms with Gasteiger partial charge >= 0.3 is 5.97 Å². The number of aryl methyl sites for hydroxylation is 2. The van der Waals surface area contributed by atoms with Gasteiger partial charge in [-0.3, -0.25) is 4.79 Å². The van der Waals surface area contributed by atoms with E-state index in [1.165, 1.54) is 6.07 Å². The number of benzene rings is 2. The van der Waals surface area contributed by atoms with Crippen molar-refractivity contribution in [2.45, 2.75) is 20.4 Å². The van der Waals surface area contributed by atoms with Gasteiger partial charge in [-0.2, -0.15) is 0 Å². The van der Waals surface area contributed by atoms with Crippen LogP contribution in [0.15, 0.2) is 48.2 Å². The number of Topliss-reactive ketones (excluding diaryl/α,β-unsaturated/α-hetero) is 1. The van der Waals surface area contributed by atoms with E-state index in [9.17, 15) is 19.8 Å². The third-order valence-electron chi connectivity index (χ3n) is 5.21. The summed E-state index contributed by atoms with van der Waals surface area (Å²) in [6.07, 6.45) is 1.69. The van der Waals surface area contributed by atoms with Crippen LogP contribution in [0.3, 0.4) is 0 Å². The highest BCUT2D eigenvalue weighted by atomic mass is 16.5. The van der Waals surface area contributed by atoms with E-state index in [0.717, 1.165) is 16.7 Å². The number of fused-ring (bicyclic) bond motifs is 1. The Labute approximate surface area is 161 Å². The molecule has 1 fully saturated rings. The number of aliphatic hydroxyl groups is 1. The average Bonchev–Trinajstić information content (AvgIpc) is 3.20. The van der Waals surface area contributed by atoms with Crippen LogP contribution >= 0.6 is 0 Å². The highest BCUT2D eigenvalue weighted by molar-refractivity contribution is 6.43. The summed E-state index contributed by atoms with van der Waals surface area (Å²) < 4.78 is 6.64. The molecule has 1 aromatic heterocycles. The highest BCUT2D eigenvalue weighted by Gasteiger charge is 2.33. The zero-order chi connectivity index (χ0) is 20.0. The van der Waals surface area contributed by atoms with Crippen LogP contribution in [0.1, 0.15) is 22.3 Å². The molecule has 0 unspecified atom stereocenters. The number of hydrogen-bond acceptors (Lipinski definition) is 5. The van der Waals surface area contributed by atoms with Crippen molar-refractivity contribution in [3.8, 4) is 5.75 Å². The summed E-state index contributed by atoms with van der Waals surface area (Å²) in [4.78, 5) is 23.4. The molecule has 6 nitrogen and oxygen atoms in total. The maximum atomic E-state index is 12.0. The van der Waals surface area contributed by atoms with Gasteiger partial charge in [-0.15, -0.1) is 0 Å². The number of rotatable bonds is 3. The molecule has 1 aliphatic rings. The van der Waals surface area contributed by atoms with Crippen LogP contribution in [0, 0.1) is 13.8 Å². The molecule has 1 aliphatic heterocycles. The molecule has 1 saturated heterocycles. The number of ketones is 1. The first-order valence-corrected chi connectivity index (χ1v) is 8.88. The van der Waals surface area contributed by atoms with Crippen molar-refractivity contribution in [2.75, 3.05) is 6.61 Å². The second-order valence-corrected chi connectivity index (χ2v) is 6.94.